The topological polar surface area (TPSA) is 155 Å². The molecule has 0 spiro atoms. The number of rotatable bonds is 8. The van der Waals surface area contributed by atoms with Crippen molar-refractivity contribution in [1.82, 2.24) is 19.9 Å². The fourth-order valence-electron chi connectivity index (χ4n) is 6.32. The number of aromatic nitrogens is 4. The van der Waals surface area contributed by atoms with Gasteiger partial charge in [-0.2, -0.15) is 25.3 Å². The molecule has 0 radical (unpaired) electrons. The second kappa shape index (κ2) is 13.7. The van der Waals surface area contributed by atoms with Crippen molar-refractivity contribution in [2.75, 3.05) is 0 Å². The predicted octanol–water partition coefficient (Wildman–Crippen LogP) is 6.98. The van der Waals surface area contributed by atoms with E-state index in [0.717, 1.165) is 49.9 Å². The van der Waals surface area contributed by atoms with Gasteiger partial charge >= 0.3 is 29.0 Å². The summed E-state index contributed by atoms with van der Waals surface area (Å²) in [6.45, 7) is 11.8. The second-order valence-corrected chi connectivity index (χ2v) is 13.3. The standard InChI is InChI=1S/C34H39N5O4S2.Fe/c1-14-20(7-9-28(40)41)33-32(35)34-21(8-10-29(42)43)15(2)23(39-34)12-26-31(19(6)45)17(4)25(37-26)13-27-30(18(5)44)16(3)24(36-27)11-22(14)38-33;/h11-13,18-19H,7-10H2,1-6H3,(H8,35,36,37,38,39,40,41,42,43,44,45);/q;+2/p-2/t18-,19-;/m0./s1. The average Bonchev–Trinajstić information content (AvgIpc) is 3.63. The zero-order valence-electron chi connectivity index (χ0n) is 26.5. The minimum atomic E-state index is -0.951. The zero-order chi connectivity index (χ0) is 32.9. The Morgan fingerprint density at radius 2 is 1.43 bits per heavy atom. The Bertz CT molecular complexity index is 2110. The smallest absolute Gasteiger partial charge is 0.657 e. The summed E-state index contributed by atoms with van der Waals surface area (Å²) >= 11 is 9.58. The third kappa shape index (κ3) is 6.53. The van der Waals surface area contributed by atoms with Gasteiger partial charge in [0.15, 0.2) is 0 Å². The van der Waals surface area contributed by atoms with Gasteiger partial charge in [0.1, 0.15) is 0 Å². The number of aryl methyl sites for hydroxylation is 4. The molecule has 0 saturated heterocycles. The van der Waals surface area contributed by atoms with Crippen molar-refractivity contribution < 1.29 is 36.9 Å². The summed E-state index contributed by atoms with van der Waals surface area (Å²) in [6, 6.07) is 5.85. The maximum atomic E-state index is 11.6. The molecule has 12 heteroatoms. The van der Waals surface area contributed by atoms with E-state index in [1.807, 2.05) is 59.7 Å². The van der Waals surface area contributed by atoms with Crippen molar-refractivity contribution in [3.63, 3.8) is 0 Å². The van der Waals surface area contributed by atoms with Gasteiger partial charge in [0.05, 0.1) is 16.7 Å². The molecule has 0 fully saturated rings. The van der Waals surface area contributed by atoms with Gasteiger partial charge in [-0.3, -0.25) is 15.0 Å². The van der Waals surface area contributed by atoms with Crippen LogP contribution in [-0.2, 0) is 33.1 Å². The largest absolute Gasteiger partial charge is 2.00 e. The van der Waals surface area contributed by atoms with Crippen molar-refractivity contribution in [3.05, 3.63) is 68.3 Å². The predicted molar refractivity (Wildman–Crippen MR) is 184 cm³/mol. The molecule has 2 atom stereocenters. The quantitative estimate of drug-likeness (QED) is 0.0857. The third-order valence-electron chi connectivity index (χ3n) is 8.70. The Hall–Kier alpha value is -3.44. The maximum Gasteiger partial charge on any atom is 2.00 e. The van der Waals surface area contributed by atoms with Gasteiger partial charge in [-0.05, 0) is 82.2 Å². The Balaban J connectivity index is 0.00000480. The molecule has 46 heavy (non-hydrogen) atoms. The van der Waals surface area contributed by atoms with E-state index in [4.69, 9.17) is 40.2 Å². The number of carboxylic acids is 2. The van der Waals surface area contributed by atoms with Crippen LogP contribution in [0.1, 0.15) is 95.3 Å². The number of carboxylic acid groups (broad SMARTS) is 2. The van der Waals surface area contributed by atoms with E-state index in [9.17, 15) is 25.2 Å². The number of aromatic amines is 1. The maximum absolute atomic E-state index is 11.6. The van der Waals surface area contributed by atoms with Crippen LogP contribution in [0.15, 0.2) is 18.2 Å². The monoisotopic (exact) mass is 699 g/mol. The number of H-pyrrole nitrogens is 1. The van der Waals surface area contributed by atoms with Crippen LogP contribution in [0.2, 0.25) is 0 Å². The summed E-state index contributed by atoms with van der Waals surface area (Å²) in [7, 11) is 0. The minimum absolute atomic E-state index is 0. The normalized spacial score (nSPS) is 13.6. The molecule has 9 nitrogen and oxygen atoms in total. The first kappa shape index (κ1) is 35.4. The van der Waals surface area contributed by atoms with Gasteiger partial charge in [-0.15, -0.1) is 22.1 Å². The summed E-state index contributed by atoms with van der Waals surface area (Å²) in [5.74, 6) is -1.90. The van der Waals surface area contributed by atoms with Crippen molar-refractivity contribution in [3.8, 4) is 0 Å². The van der Waals surface area contributed by atoms with Gasteiger partial charge in [0.2, 0.25) is 0 Å². The molecule has 0 amide bonds. The molecule has 0 unspecified atom stereocenters. The molecule has 0 saturated carbocycles. The van der Waals surface area contributed by atoms with Crippen molar-refractivity contribution >= 4 is 81.4 Å². The van der Waals surface area contributed by atoms with Crippen LogP contribution in [0.4, 0.5) is 0 Å². The van der Waals surface area contributed by atoms with E-state index in [2.05, 4.69) is 4.98 Å². The van der Waals surface area contributed by atoms with E-state index in [-0.39, 0.29) is 58.6 Å². The third-order valence-corrected chi connectivity index (χ3v) is 9.22. The SMILES string of the molecule is CC1=C(CCC(=O)O)c2nc1cc1[n-]c(cc3[nH]c(cc4[n-]c(c(CCC(=O)O)c4C)c2=N)c(C)c3[C@H](C)S)c(C)c1[C@H](C)S.[Fe+2]. The zero-order valence-corrected chi connectivity index (χ0v) is 29.4. The summed E-state index contributed by atoms with van der Waals surface area (Å²) in [4.78, 5) is 41.6. The molecule has 5 heterocycles. The number of nitrogens with one attached hydrogen (secondary N) is 2. The molecule has 5 rings (SSSR count). The number of hydrogen-bond donors (Lipinski definition) is 6. The number of aliphatic carboxylic acids is 2. The minimum Gasteiger partial charge on any atom is -0.657 e. The second-order valence-electron chi connectivity index (χ2n) is 11.8. The van der Waals surface area contributed by atoms with Crippen LogP contribution in [0.5, 0.6) is 0 Å². The molecule has 4 aromatic heterocycles. The van der Waals surface area contributed by atoms with Crippen LogP contribution < -0.4 is 15.3 Å². The Labute approximate surface area is 288 Å². The van der Waals surface area contributed by atoms with E-state index in [1.165, 1.54) is 0 Å². The van der Waals surface area contributed by atoms with Crippen molar-refractivity contribution in [2.45, 2.75) is 77.7 Å². The number of fused-ring (bicyclic) bond motifs is 8. The van der Waals surface area contributed by atoms with Gasteiger partial charge < -0.3 is 25.2 Å². The molecular weight excluding hydrogens is 662 g/mol. The van der Waals surface area contributed by atoms with Crippen molar-refractivity contribution in [1.29, 1.82) is 5.41 Å². The van der Waals surface area contributed by atoms with Crippen LogP contribution in [0.3, 0.4) is 0 Å². The van der Waals surface area contributed by atoms with Gasteiger partial charge in [-0.1, -0.05) is 34.9 Å². The number of thiol groups is 2. The molecule has 242 valence electrons. The van der Waals surface area contributed by atoms with E-state index < -0.39 is 11.9 Å². The molecule has 4 N–H and O–H groups in total. The number of allylic oxidation sites excluding steroid dienone is 2. The van der Waals surface area contributed by atoms with E-state index >= 15 is 0 Å². The first-order valence-electron chi connectivity index (χ1n) is 14.8. The Kier molecular flexibility index (Phi) is 10.6. The van der Waals surface area contributed by atoms with Gasteiger partial charge in [-0.25, -0.2) is 4.98 Å². The fraction of sp³-hybridized carbons (Fsp3) is 0.353. The number of carbonyl (C=O) groups is 2. The van der Waals surface area contributed by atoms with Crippen LogP contribution >= 0.6 is 25.3 Å². The molecule has 0 aromatic carbocycles. The molecule has 8 bridgehead atoms. The van der Waals surface area contributed by atoms with Crippen LogP contribution in [0, 0.1) is 26.2 Å². The van der Waals surface area contributed by atoms with Crippen LogP contribution in [-0.4, -0.2) is 32.1 Å². The van der Waals surface area contributed by atoms with E-state index in [0.29, 0.717) is 39.1 Å². The van der Waals surface area contributed by atoms with Gasteiger partial charge in [0.25, 0.3) is 0 Å². The van der Waals surface area contributed by atoms with E-state index in [1.54, 1.807) is 0 Å². The van der Waals surface area contributed by atoms with Crippen molar-refractivity contribution in [2.24, 2.45) is 0 Å². The molecule has 0 aliphatic carbocycles. The van der Waals surface area contributed by atoms with Gasteiger partial charge in [0, 0.05) is 34.4 Å². The fourth-order valence-corrected chi connectivity index (χ4v) is 6.98. The molecule has 1 aliphatic heterocycles. The Morgan fingerprint density at radius 1 is 0.848 bits per heavy atom. The summed E-state index contributed by atoms with van der Waals surface area (Å²) in [5.41, 5.74) is 12.0. The van der Waals surface area contributed by atoms with Crippen LogP contribution in [0.25, 0.3) is 44.2 Å². The summed E-state index contributed by atoms with van der Waals surface area (Å²) in [5, 5.41) is 28.2. The number of hydrogen-bond acceptors (Lipinski definition) is 6. The first-order valence-corrected chi connectivity index (χ1v) is 15.9. The first-order chi connectivity index (χ1) is 21.2. The molecule has 1 aliphatic rings. The summed E-state index contributed by atoms with van der Waals surface area (Å²) < 4.78 is 0. The Morgan fingerprint density at radius 3 is 2.04 bits per heavy atom. The average molecular weight is 700 g/mol. The molecular formula is C34H37FeN5O4S2. The summed E-state index contributed by atoms with van der Waals surface area (Å²) in [6.07, 6.45) is 0.116. The molecule has 4 aromatic rings. The number of nitrogens with zero attached hydrogens (tertiary/aromatic N) is 3.